The molecule has 0 amide bonds. The zero-order valence-corrected chi connectivity index (χ0v) is 11.9. The Kier molecular flexibility index (Phi) is 4.51. The Bertz CT molecular complexity index is 447. The number of benzene rings is 1. The number of carbonyl (C=O) groups is 1. The molecule has 4 heteroatoms. The largest absolute Gasteiger partial charge is 0.377 e. The summed E-state index contributed by atoms with van der Waals surface area (Å²) in [5, 5.41) is 0. The maximum absolute atomic E-state index is 13.1. The second-order valence-electron chi connectivity index (χ2n) is 4.60. The van der Waals surface area contributed by atoms with Crippen LogP contribution in [0.2, 0.25) is 0 Å². The fraction of sp³-hybridized carbons (Fsp3) is 0.500. The van der Waals surface area contributed by atoms with Crippen LogP contribution in [0.5, 0.6) is 0 Å². The second kappa shape index (κ2) is 5.93. The van der Waals surface area contributed by atoms with Crippen LogP contribution in [0.15, 0.2) is 22.7 Å². The molecule has 1 aliphatic heterocycles. The van der Waals surface area contributed by atoms with E-state index in [0.29, 0.717) is 17.5 Å². The summed E-state index contributed by atoms with van der Waals surface area (Å²) >= 11 is 3.13. The minimum absolute atomic E-state index is 0.00108. The van der Waals surface area contributed by atoms with Crippen molar-refractivity contribution in [1.29, 1.82) is 0 Å². The van der Waals surface area contributed by atoms with Gasteiger partial charge in [0.15, 0.2) is 0 Å². The first kappa shape index (κ1) is 13.7. The lowest BCUT2D eigenvalue weighted by molar-refractivity contribution is -0.123. The van der Waals surface area contributed by atoms with E-state index in [2.05, 4.69) is 15.9 Å². The van der Waals surface area contributed by atoms with Crippen LogP contribution < -0.4 is 0 Å². The van der Waals surface area contributed by atoms with Crippen LogP contribution >= 0.6 is 15.9 Å². The molecule has 1 fully saturated rings. The van der Waals surface area contributed by atoms with Crippen LogP contribution in [-0.2, 0) is 16.0 Å². The Morgan fingerprint density at radius 1 is 1.56 bits per heavy atom. The zero-order valence-electron chi connectivity index (χ0n) is 10.3. The predicted molar refractivity (Wildman–Crippen MR) is 70.9 cm³/mol. The highest BCUT2D eigenvalue weighted by atomic mass is 79.9. The van der Waals surface area contributed by atoms with E-state index >= 15 is 0 Å². The minimum Gasteiger partial charge on any atom is -0.377 e. The lowest BCUT2D eigenvalue weighted by Crippen LogP contribution is -2.25. The molecule has 0 aliphatic carbocycles. The zero-order chi connectivity index (χ0) is 13.1. The Morgan fingerprint density at radius 2 is 2.33 bits per heavy atom. The standard InChI is InChI=1S/C14H16BrFO2/c1-2-14-10(5-6-18-14)13(17)8-9-3-4-12(16)11(15)7-9/h3-4,7,10,14H,2,5-6,8H2,1H3. The summed E-state index contributed by atoms with van der Waals surface area (Å²) in [6, 6.07) is 4.72. The van der Waals surface area contributed by atoms with E-state index in [1.165, 1.54) is 6.07 Å². The summed E-state index contributed by atoms with van der Waals surface area (Å²) in [6.07, 6.45) is 2.08. The van der Waals surface area contributed by atoms with Crippen molar-refractivity contribution in [2.24, 2.45) is 5.92 Å². The number of rotatable bonds is 4. The second-order valence-corrected chi connectivity index (χ2v) is 5.46. The topological polar surface area (TPSA) is 26.3 Å². The van der Waals surface area contributed by atoms with Crippen molar-refractivity contribution in [3.63, 3.8) is 0 Å². The van der Waals surface area contributed by atoms with Gasteiger partial charge in [0.25, 0.3) is 0 Å². The minimum atomic E-state index is -0.304. The van der Waals surface area contributed by atoms with E-state index in [1.54, 1.807) is 12.1 Å². The molecule has 1 aromatic carbocycles. The molecule has 0 saturated carbocycles. The quantitative estimate of drug-likeness (QED) is 0.850. The van der Waals surface area contributed by atoms with E-state index in [0.717, 1.165) is 18.4 Å². The van der Waals surface area contributed by atoms with E-state index in [-0.39, 0.29) is 23.6 Å². The molecule has 98 valence electrons. The van der Waals surface area contributed by atoms with Crippen LogP contribution in [0.25, 0.3) is 0 Å². The maximum Gasteiger partial charge on any atom is 0.143 e. The van der Waals surface area contributed by atoms with Gasteiger partial charge in [-0.1, -0.05) is 13.0 Å². The first-order valence-corrected chi connectivity index (χ1v) is 6.99. The third-order valence-corrected chi connectivity index (χ3v) is 4.00. The van der Waals surface area contributed by atoms with Gasteiger partial charge >= 0.3 is 0 Å². The van der Waals surface area contributed by atoms with Gasteiger partial charge in [-0.2, -0.15) is 0 Å². The monoisotopic (exact) mass is 314 g/mol. The van der Waals surface area contributed by atoms with Crippen LogP contribution in [0.3, 0.4) is 0 Å². The first-order valence-electron chi connectivity index (χ1n) is 6.20. The average Bonchev–Trinajstić information content (AvgIpc) is 2.82. The molecule has 2 atom stereocenters. The van der Waals surface area contributed by atoms with Crippen molar-refractivity contribution < 1.29 is 13.9 Å². The molecule has 0 N–H and O–H groups in total. The third kappa shape index (κ3) is 2.98. The first-order chi connectivity index (χ1) is 8.61. The van der Waals surface area contributed by atoms with E-state index in [1.807, 2.05) is 6.92 Å². The molecule has 2 nitrogen and oxygen atoms in total. The predicted octanol–water partition coefficient (Wildman–Crippen LogP) is 3.51. The SMILES string of the molecule is CCC1OCCC1C(=O)Cc1ccc(F)c(Br)c1. The number of hydrogen-bond acceptors (Lipinski definition) is 2. The van der Waals surface area contributed by atoms with E-state index in [4.69, 9.17) is 4.74 Å². The summed E-state index contributed by atoms with van der Waals surface area (Å²) in [5.74, 6) is -0.112. The van der Waals surface area contributed by atoms with Crippen LogP contribution in [0, 0.1) is 11.7 Å². The maximum atomic E-state index is 13.1. The summed E-state index contributed by atoms with van der Waals surface area (Å²) in [5.41, 5.74) is 0.843. The van der Waals surface area contributed by atoms with Crippen LogP contribution in [-0.4, -0.2) is 18.5 Å². The molecule has 18 heavy (non-hydrogen) atoms. The fourth-order valence-electron chi connectivity index (χ4n) is 2.40. The van der Waals surface area contributed by atoms with Gasteiger partial charge < -0.3 is 4.74 Å². The van der Waals surface area contributed by atoms with Gasteiger partial charge in [-0.25, -0.2) is 4.39 Å². The van der Waals surface area contributed by atoms with Gasteiger partial charge in [0, 0.05) is 18.9 Å². The van der Waals surface area contributed by atoms with Crippen molar-refractivity contribution in [2.75, 3.05) is 6.61 Å². The number of halogens is 2. The number of hydrogen-bond donors (Lipinski definition) is 0. The highest BCUT2D eigenvalue weighted by molar-refractivity contribution is 9.10. The summed E-state index contributed by atoms with van der Waals surface area (Å²) in [4.78, 5) is 12.2. The molecule has 0 radical (unpaired) electrons. The van der Waals surface area contributed by atoms with Crippen molar-refractivity contribution in [2.45, 2.75) is 32.3 Å². The molecule has 0 aromatic heterocycles. The number of ether oxygens (including phenoxy) is 1. The van der Waals surface area contributed by atoms with E-state index < -0.39 is 0 Å². The molecular weight excluding hydrogens is 299 g/mol. The van der Waals surface area contributed by atoms with Crippen molar-refractivity contribution >= 4 is 21.7 Å². The van der Waals surface area contributed by atoms with Crippen molar-refractivity contribution in [3.8, 4) is 0 Å². The molecular formula is C14H16BrFO2. The number of Topliss-reactive ketones (excluding diaryl/α,β-unsaturated/α-hetero) is 1. The summed E-state index contributed by atoms with van der Waals surface area (Å²) in [6.45, 7) is 2.70. The molecule has 0 bridgehead atoms. The molecule has 1 saturated heterocycles. The van der Waals surface area contributed by atoms with Crippen molar-refractivity contribution in [3.05, 3.63) is 34.1 Å². The van der Waals surface area contributed by atoms with Gasteiger partial charge in [0.2, 0.25) is 0 Å². The van der Waals surface area contributed by atoms with Gasteiger partial charge in [0.1, 0.15) is 11.6 Å². The van der Waals surface area contributed by atoms with Crippen LogP contribution in [0.1, 0.15) is 25.3 Å². The fourth-order valence-corrected chi connectivity index (χ4v) is 2.83. The van der Waals surface area contributed by atoms with Gasteiger partial charge in [-0.3, -0.25) is 4.79 Å². The molecule has 1 aliphatic rings. The van der Waals surface area contributed by atoms with Crippen LogP contribution in [0.4, 0.5) is 4.39 Å². The molecule has 2 rings (SSSR count). The van der Waals surface area contributed by atoms with Gasteiger partial charge in [-0.05, 0) is 46.5 Å². The van der Waals surface area contributed by atoms with Gasteiger partial charge in [0.05, 0.1) is 10.6 Å². The Hall–Kier alpha value is -0.740. The molecule has 1 aromatic rings. The van der Waals surface area contributed by atoms with Gasteiger partial charge in [-0.15, -0.1) is 0 Å². The normalized spacial score (nSPS) is 23.3. The summed E-state index contributed by atoms with van der Waals surface area (Å²) < 4.78 is 19.0. The Labute approximate surface area is 115 Å². The highest BCUT2D eigenvalue weighted by Crippen LogP contribution is 2.26. The Balaban J connectivity index is 2.04. The average molecular weight is 315 g/mol. The molecule has 2 unspecified atom stereocenters. The molecule has 1 heterocycles. The lowest BCUT2D eigenvalue weighted by atomic mass is 9.91. The van der Waals surface area contributed by atoms with Crippen molar-refractivity contribution in [1.82, 2.24) is 0 Å². The number of carbonyl (C=O) groups excluding carboxylic acids is 1. The lowest BCUT2D eigenvalue weighted by Gasteiger charge is -2.15. The van der Waals surface area contributed by atoms with E-state index in [9.17, 15) is 9.18 Å². The molecule has 0 spiro atoms. The summed E-state index contributed by atoms with van der Waals surface area (Å²) in [7, 11) is 0. The Morgan fingerprint density at radius 3 is 3.00 bits per heavy atom. The number of ketones is 1. The third-order valence-electron chi connectivity index (χ3n) is 3.39. The smallest absolute Gasteiger partial charge is 0.143 e. The highest BCUT2D eigenvalue weighted by Gasteiger charge is 2.32.